The van der Waals surface area contributed by atoms with E-state index in [0.717, 1.165) is 24.9 Å². The third kappa shape index (κ3) is 3.87. The number of benzene rings is 1. The molecule has 1 N–H and O–H groups in total. The van der Waals surface area contributed by atoms with E-state index in [-0.39, 0.29) is 24.1 Å². The van der Waals surface area contributed by atoms with Gasteiger partial charge in [0.05, 0.1) is 19.0 Å². The number of hydrogen-bond acceptors (Lipinski definition) is 4. The molecule has 138 valence electrons. The van der Waals surface area contributed by atoms with Crippen molar-refractivity contribution in [2.24, 2.45) is 0 Å². The van der Waals surface area contributed by atoms with E-state index < -0.39 is 5.97 Å². The number of carboxylic acid groups (broad SMARTS) is 1. The van der Waals surface area contributed by atoms with Gasteiger partial charge in [-0.1, -0.05) is 18.2 Å². The Labute approximate surface area is 152 Å². The Morgan fingerprint density at radius 2 is 2.04 bits per heavy atom. The average Bonchev–Trinajstić information content (AvgIpc) is 3.11. The number of methoxy groups -OCH3 is 1. The van der Waals surface area contributed by atoms with E-state index in [4.69, 9.17) is 9.84 Å². The first-order valence-corrected chi connectivity index (χ1v) is 8.82. The molecule has 0 spiro atoms. The van der Waals surface area contributed by atoms with Gasteiger partial charge in [0.2, 0.25) is 0 Å². The van der Waals surface area contributed by atoms with Crippen LogP contribution in [0.1, 0.15) is 42.6 Å². The van der Waals surface area contributed by atoms with Crippen LogP contribution in [-0.2, 0) is 4.79 Å². The van der Waals surface area contributed by atoms with Crippen LogP contribution in [0.4, 0.5) is 0 Å². The molecule has 1 atom stereocenters. The SMILES string of the molecule is COc1cn(-c2ccccc2)nc1C(=O)N1CCCCC1CCC(=O)O. The second-order valence-electron chi connectivity index (χ2n) is 6.41. The summed E-state index contributed by atoms with van der Waals surface area (Å²) in [5, 5.41) is 13.4. The third-order valence-electron chi connectivity index (χ3n) is 4.70. The molecule has 1 fully saturated rings. The normalized spacial score (nSPS) is 17.1. The summed E-state index contributed by atoms with van der Waals surface area (Å²) in [5.41, 5.74) is 1.10. The minimum atomic E-state index is -0.839. The van der Waals surface area contributed by atoms with Crippen molar-refractivity contribution in [1.82, 2.24) is 14.7 Å². The van der Waals surface area contributed by atoms with Crippen molar-refractivity contribution in [2.45, 2.75) is 38.1 Å². The Morgan fingerprint density at radius 1 is 1.27 bits per heavy atom. The number of hydrogen-bond donors (Lipinski definition) is 1. The fourth-order valence-electron chi connectivity index (χ4n) is 3.36. The predicted molar refractivity (Wildman–Crippen MR) is 95.7 cm³/mol. The molecule has 1 aliphatic rings. The van der Waals surface area contributed by atoms with E-state index in [2.05, 4.69) is 5.10 Å². The molecule has 2 aromatic rings. The molecule has 7 heteroatoms. The van der Waals surface area contributed by atoms with Crippen LogP contribution in [0.3, 0.4) is 0 Å². The maximum Gasteiger partial charge on any atom is 0.303 e. The molecule has 1 unspecified atom stereocenters. The van der Waals surface area contributed by atoms with Crippen molar-refractivity contribution in [3.8, 4) is 11.4 Å². The van der Waals surface area contributed by atoms with Gasteiger partial charge >= 0.3 is 5.97 Å². The summed E-state index contributed by atoms with van der Waals surface area (Å²) in [6.07, 6.45) is 4.95. The largest absolute Gasteiger partial charge is 0.493 e. The number of carbonyl (C=O) groups excluding carboxylic acids is 1. The lowest BCUT2D eigenvalue weighted by Crippen LogP contribution is -2.44. The second kappa shape index (κ2) is 8.03. The Bertz CT molecular complexity index is 772. The van der Waals surface area contributed by atoms with Gasteiger partial charge in [-0.2, -0.15) is 5.10 Å². The smallest absolute Gasteiger partial charge is 0.303 e. The van der Waals surface area contributed by atoms with Gasteiger partial charge in [0.15, 0.2) is 11.4 Å². The minimum absolute atomic E-state index is 0.0596. The number of nitrogens with zero attached hydrogens (tertiary/aromatic N) is 3. The first kappa shape index (κ1) is 18.0. The van der Waals surface area contributed by atoms with E-state index in [1.165, 1.54) is 7.11 Å². The molecule has 7 nitrogen and oxygen atoms in total. The summed E-state index contributed by atoms with van der Waals surface area (Å²) < 4.78 is 7.00. The molecule has 1 saturated heterocycles. The summed E-state index contributed by atoms with van der Waals surface area (Å²) >= 11 is 0. The van der Waals surface area contributed by atoms with Gasteiger partial charge in [-0.25, -0.2) is 4.68 Å². The zero-order valence-corrected chi connectivity index (χ0v) is 14.8. The first-order chi connectivity index (χ1) is 12.6. The number of amides is 1. The van der Waals surface area contributed by atoms with Gasteiger partial charge in [-0.05, 0) is 37.8 Å². The molecule has 0 bridgehead atoms. The third-order valence-corrected chi connectivity index (χ3v) is 4.70. The lowest BCUT2D eigenvalue weighted by Gasteiger charge is -2.35. The molecule has 3 rings (SSSR count). The van der Waals surface area contributed by atoms with Gasteiger partial charge in [-0.3, -0.25) is 9.59 Å². The second-order valence-corrected chi connectivity index (χ2v) is 6.41. The minimum Gasteiger partial charge on any atom is -0.493 e. The van der Waals surface area contributed by atoms with E-state index in [1.807, 2.05) is 30.3 Å². The van der Waals surface area contributed by atoms with Crippen molar-refractivity contribution >= 4 is 11.9 Å². The first-order valence-electron chi connectivity index (χ1n) is 8.82. The fraction of sp³-hybridized carbons (Fsp3) is 0.421. The van der Waals surface area contributed by atoms with Gasteiger partial charge < -0.3 is 14.7 Å². The number of piperidine rings is 1. The molecule has 26 heavy (non-hydrogen) atoms. The monoisotopic (exact) mass is 357 g/mol. The lowest BCUT2D eigenvalue weighted by atomic mass is 9.97. The molecule has 0 saturated carbocycles. The topological polar surface area (TPSA) is 84.7 Å². The van der Waals surface area contributed by atoms with Crippen LogP contribution in [0.15, 0.2) is 36.5 Å². The van der Waals surface area contributed by atoms with E-state index in [9.17, 15) is 9.59 Å². The van der Waals surface area contributed by atoms with Gasteiger partial charge in [0.25, 0.3) is 5.91 Å². The highest BCUT2D eigenvalue weighted by atomic mass is 16.5. The molecule has 1 amide bonds. The van der Waals surface area contributed by atoms with Crippen molar-refractivity contribution < 1.29 is 19.4 Å². The Morgan fingerprint density at radius 3 is 2.73 bits per heavy atom. The highest BCUT2D eigenvalue weighted by Gasteiger charge is 2.31. The number of rotatable bonds is 6. The molecule has 1 aliphatic heterocycles. The number of ether oxygens (including phenoxy) is 1. The predicted octanol–water partition coefficient (Wildman–Crippen LogP) is 2.74. The molecule has 2 heterocycles. The van der Waals surface area contributed by atoms with Crippen LogP contribution >= 0.6 is 0 Å². The number of aromatic nitrogens is 2. The summed E-state index contributed by atoms with van der Waals surface area (Å²) in [5.74, 6) is -0.623. The zero-order valence-electron chi connectivity index (χ0n) is 14.8. The molecular weight excluding hydrogens is 334 g/mol. The number of carbonyl (C=O) groups is 2. The van der Waals surface area contributed by atoms with Gasteiger partial charge in [0, 0.05) is 19.0 Å². The van der Waals surface area contributed by atoms with E-state index >= 15 is 0 Å². The van der Waals surface area contributed by atoms with E-state index in [0.29, 0.717) is 18.7 Å². The van der Waals surface area contributed by atoms with Gasteiger partial charge in [-0.15, -0.1) is 0 Å². The molecule has 0 radical (unpaired) electrons. The molecular formula is C19H23N3O4. The Kier molecular flexibility index (Phi) is 5.55. The zero-order chi connectivity index (χ0) is 18.5. The summed E-state index contributed by atoms with van der Waals surface area (Å²) in [6, 6.07) is 9.44. The number of aliphatic carboxylic acids is 1. The fourth-order valence-corrected chi connectivity index (χ4v) is 3.36. The quantitative estimate of drug-likeness (QED) is 0.859. The van der Waals surface area contributed by atoms with Crippen LogP contribution < -0.4 is 4.74 Å². The summed E-state index contributed by atoms with van der Waals surface area (Å²) in [4.78, 5) is 25.8. The van der Waals surface area contributed by atoms with Crippen molar-refractivity contribution in [3.63, 3.8) is 0 Å². The number of likely N-dealkylation sites (tertiary alicyclic amines) is 1. The van der Waals surface area contributed by atoms with Crippen LogP contribution in [0, 0.1) is 0 Å². The maximum atomic E-state index is 13.1. The van der Waals surface area contributed by atoms with Gasteiger partial charge in [0.1, 0.15) is 0 Å². The van der Waals surface area contributed by atoms with Crippen molar-refractivity contribution in [1.29, 1.82) is 0 Å². The summed E-state index contributed by atoms with van der Waals surface area (Å²) in [6.45, 7) is 0.616. The highest BCUT2D eigenvalue weighted by Crippen LogP contribution is 2.27. The lowest BCUT2D eigenvalue weighted by molar-refractivity contribution is -0.137. The van der Waals surface area contributed by atoms with Crippen LogP contribution in [-0.4, -0.2) is 51.4 Å². The maximum absolute atomic E-state index is 13.1. The van der Waals surface area contributed by atoms with E-state index in [1.54, 1.807) is 15.8 Å². The van der Waals surface area contributed by atoms with Crippen molar-refractivity contribution in [2.75, 3.05) is 13.7 Å². The molecule has 1 aromatic carbocycles. The Hall–Kier alpha value is -2.83. The Balaban J connectivity index is 1.85. The average molecular weight is 357 g/mol. The standard InChI is InChI=1S/C19H23N3O4/c1-26-16-13-22(15-8-3-2-4-9-15)20-18(16)19(25)21-12-6-5-7-14(21)10-11-17(23)24/h2-4,8-9,13-14H,5-7,10-12H2,1H3,(H,23,24). The molecule has 0 aliphatic carbocycles. The highest BCUT2D eigenvalue weighted by molar-refractivity contribution is 5.95. The van der Waals surface area contributed by atoms with Crippen LogP contribution in [0.5, 0.6) is 5.75 Å². The molecule has 1 aromatic heterocycles. The number of carboxylic acids is 1. The van der Waals surface area contributed by atoms with Crippen molar-refractivity contribution in [3.05, 3.63) is 42.2 Å². The summed E-state index contributed by atoms with van der Waals surface area (Å²) in [7, 11) is 1.52. The van der Waals surface area contributed by atoms with Crippen LogP contribution in [0.25, 0.3) is 5.69 Å². The number of para-hydroxylation sites is 1. The van der Waals surface area contributed by atoms with Crippen LogP contribution in [0.2, 0.25) is 0 Å².